The van der Waals surface area contributed by atoms with Crippen LogP contribution in [0, 0.1) is 13.8 Å². The lowest BCUT2D eigenvalue weighted by Gasteiger charge is -2.15. The summed E-state index contributed by atoms with van der Waals surface area (Å²) in [6.07, 6.45) is -4.79. The van der Waals surface area contributed by atoms with E-state index in [1.165, 1.54) is 18.2 Å². The summed E-state index contributed by atoms with van der Waals surface area (Å²) in [4.78, 5) is 23.7. The molecule has 0 heterocycles. The minimum Gasteiger partial charge on any atom is -0.406 e. The zero-order valence-corrected chi connectivity index (χ0v) is 13.9. The summed E-state index contributed by atoms with van der Waals surface area (Å²) in [6, 6.07) is 7.16. The molecule has 0 aliphatic carbocycles. The second kappa shape index (κ2) is 7.34. The van der Waals surface area contributed by atoms with Gasteiger partial charge in [-0.25, -0.2) is 4.79 Å². The van der Waals surface area contributed by atoms with Gasteiger partial charge in [0.1, 0.15) is 5.75 Å². The average Bonchev–Trinajstić information content (AvgIpc) is 2.52. The Morgan fingerprint density at radius 3 is 2.15 bits per heavy atom. The number of amides is 3. The van der Waals surface area contributed by atoms with Gasteiger partial charge in [0.05, 0.1) is 11.3 Å². The Morgan fingerprint density at radius 2 is 1.62 bits per heavy atom. The van der Waals surface area contributed by atoms with Crippen LogP contribution in [0.4, 0.5) is 29.3 Å². The number of carbonyl (C=O) groups is 2. The number of halogens is 3. The number of urea groups is 1. The molecule has 138 valence electrons. The number of carbonyl (C=O) groups excluding carboxylic acids is 2. The molecule has 0 unspecified atom stereocenters. The monoisotopic (exact) mass is 367 g/mol. The van der Waals surface area contributed by atoms with Crippen molar-refractivity contribution in [3.8, 4) is 5.75 Å². The van der Waals surface area contributed by atoms with E-state index in [1.54, 1.807) is 13.0 Å². The third-order valence-electron chi connectivity index (χ3n) is 3.59. The van der Waals surface area contributed by atoms with Gasteiger partial charge in [-0.05, 0) is 55.3 Å². The van der Waals surface area contributed by atoms with Crippen LogP contribution in [0.15, 0.2) is 36.4 Å². The molecule has 2 aromatic carbocycles. The molecule has 0 aromatic heterocycles. The molecule has 6 nitrogen and oxygen atoms in total. The van der Waals surface area contributed by atoms with E-state index in [1.807, 2.05) is 6.92 Å². The number of aryl methyl sites for hydroxylation is 1. The minimum absolute atomic E-state index is 0.150. The first-order chi connectivity index (χ1) is 12.1. The molecular weight excluding hydrogens is 351 g/mol. The lowest BCUT2D eigenvalue weighted by Crippen LogP contribution is -2.23. The number of alkyl halides is 3. The summed E-state index contributed by atoms with van der Waals surface area (Å²) in [7, 11) is 0. The van der Waals surface area contributed by atoms with Gasteiger partial charge in [0, 0.05) is 5.69 Å². The number of anilines is 2. The van der Waals surface area contributed by atoms with Crippen molar-refractivity contribution in [2.24, 2.45) is 5.73 Å². The Balaban J connectivity index is 2.12. The number of nitrogens with one attached hydrogen (secondary N) is 2. The highest BCUT2D eigenvalue weighted by molar-refractivity contribution is 6.07. The van der Waals surface area contributed by atoms with E-state index in [0.717, 1.165) is 17.7 Å². The average molecular weight is 367 g/mol. The molecule has 0 fully saturated rings. The Hall–Kier alpha value is -3.23. The molecule has 2 aromatic rings. The number of ether oxygens (including phenoxy) is 1. The van der Waals surface area contributed by atoms with Gasteiger partial charge in [0.2, 0.25) is 0 Å². The van der Waals surface area contributed by atoms with Crippen molar-refractivity contribution in [3.05, 3.63) is 53.1 Å². The van der Waals surface area contributed by atoms with Crippen LogP contribution in [0.3, 0.4) is 0 Å². The first-order valence-corrected chi connectivity index (χ1v) is 7.40. The van der Waals surface area contributed by atoms with Crippen LogP contribution in [0.25, 0.3) is 0 Å². The van der Waals surface area contributed by atoms with Crippen molar-refractivity contribution >= 4 is 23.3 Å². The highest BCUT2D eigenvalue weighted by atomic mass is 19.4. The summed E-state index contributed by atoms with van der Waals surface area (Å²) in [6.45, 7) is 3.53. The lowest BCUT2D eigenvalue weighted by molar-refractivity contribution is -0.274. The predicted octanol–water partition coefficient (Wildman–Crippen LogP) is 3.94. The standard InChI is InChI=1S/C17H16F3N3O3/c1-9-3-8-13(15(21)24)14(10(9)2)23-16(25)22-11-4-6-12(7-5-11)26-17(18,19)20/h3-8H,1-2H3,(H2,21,24)(H2,22,23,25). The fraction of sp³-hybridized carbons (Fsp3) is 0.176. The lowest BCUT2D eigenvalue weighted by atomic mass is 10.0. The highest BCUT2D eigenvalue weighted by Gasteiger charge is 2.31. The van der Waals surface area contributed by atoms with Gasteiger partial charge in [-0.3, -0.25) is 4.79 Å². The van der Waals surface area contributed by atoms with Crippen molar-refractivity contribution in [3.63, 3.8) is 0 Å². The van der Waals surface area contributed by atoms with Gasteiger partial charge in [-0.15, -0.1) is 13.2 Å². The molecule has 0 aliphatic heterocycles. The van der Waals surface area contributed by atoms with Crippen molar-refractivity contribution in [1.82, 2.24) is 0 Å². The van der Waals surface area contributed by atoms with E-state index in [0.29, 0.717) is 5.56 Å². The maximum absolute atomic E-state index is 12.1. The van der Waals surface area contributed by atoms with Crippen LogP contribution in [0.1, 0.15) is 21.5 Å². The molecule has 0 radical (unpaired) electrons. The summed E-state index contributed by atoms with van der Waals surface area (Å²) in [5, 5.41) is 4.99. The smallest absolute Gasteiger partial charge is 0.406 e. The van der Waals surface area contributed by atoms with Crippen LogP contribution in [0.2, 0.25) is 0 Å². The molecule has 0 saturated carbocycles. The maximum Gasteiger partial charge on any atom is 0.573 e. The van der Waals surface area contributed by atoms with Gasteiger partial charge in [-0.2, -0.15) is 0 Å². The molecule has 0 saturated heterocycles. The first kappa shape index (κ1) is 19.1. The predicted molar refractivity (Wildman–Crippen MR) is 90.2 cm³/mol. The molecule has 0 atom stereocenters. The zero-order valence-electron chi connectivity index (χ0n) is 13.9. The largest absolute Gasteiger partial charge is 0.573 e. The summed E-state index contributed by atoms with van der Waals surface area (Å²) >= 11 is 0. The third-order valence-corrected chi connectivity index (χ3v) is 3.59. The molecule has 0 spiro atoms. The van der Waals surface area contributed by atoms with Crippen LogP contribution >= 0.6 is 0 Å². The highest BCUT2D eigenvalue weighted by Crippen LogP contribution is 2.25. The molecule has 2 rings (SSSR count). The number of rotatable bonds is 4. The second-order valence-electron chi connectivity index (χ2n) is 5.45. The minimum atomic E-state index is -4.79. The van der Waals surface area contributed by atoms with Gasteiger partial charge >= 0.3 is 12.4 Å². The summed E-state index contributed by atoms with van der Waals surface area (Å²) < 4.78 is 40.1. The van der Waals surface area contributed by atoms with Gasteiger partial charge in [0.15, 0.2) is 0 Å². The zero-order chi connectivity index (χ0) is 19.5. The van der Waals surface area contributed by atoms with Crippen LogP contribution < -0.4 is 21.1 Å². The topological polar surface area (TPSA) is 93.5 Å². The van der Waals surface area contributed by atoms with Gasteiger partial charge in [0.25, 0.3) is 5.91 Å². The number of hydrogen-bond acceptors (Lipinski definition) is 3. The van der Waals surface area contributed by atoms with E-state index in [9.17, 15) is 22.8 Å². The maximum atomic E-state index is 12.1. The number of hydrogen-bond donors (Lipinski definition) is 3. The molecule has 26 heavy (non-hydrogen) atoms. The second-order valence-corrected chi connectivity index (χ2v) is 5.45. The molecule has 3 amide bonds. The summed E-state index contributed by atoms with van der Waals surface area (Å²) in [5.74, 6) is -1.11. The molecular formula is C17H16F3N3O3. The van der Waals surface area contributed by atoms with E-state index < -0.39 is 24.1 Å². The normalized spacial score (nSPS) is 11.0. The van der Waals surface area contributed by atoms with Crippen molar-refractivity contribution < 1.29 is 27.5 Å². The Morgan fingerprint density at radius 1 is 1.00 bits per heavy atom. The molecule has 0 aliphatic rings. The first-order valence-electron chi connectivity index (χ1n) is 7.40. The quantitative estimate of drug-likeness (QED) is 0.764. The fourth-order valence-corrected chi connectivity index (χ4v) is 2.20. The van der Waals surface area contributed by atoms with Crippen LogP contribution in [0.5, 0.6) is 5.75 Å². The summed E-state index contributed by atoms with van der Waals surface area (Å²) in [5.41, 5.74) is 7.49. The number of benzene rings is 2. The van der Waals surface area contributed by atoms with Crippen molar-refractivity contribution in [2.45, 2.75) is 20.2 Å². The Kier molecular flexibility index (Phi) is 5.39. The van der Waals surface area contributed by atoms with E-state index >= 15 is 0 Å². The van der Waals surface area contributed by atoms with E-state index in [2.05, 4.69) is 15.4 Å². The van der Waals surface area contributed by atoms with Crippen LogP contribution in [-0.2, 0) is 0 Å². The van der Waals surface area contributed by atoms with Gasteiger partial charge < -0.3 is 21.1 Å². The molecule has 4 N–H and O–H groups in total. The number of nitrogens with two attached hydrogens (primary N) is 1. The Labute approximate surface area is 147 Å². The van der Waals surface area contributed by atoms with Gasteiger partial charge in [-0.1, -0.05) is 6.07 Å². The number of primary amides is 1. The SMILES string of the molecule is Cc1ccc(C(N)=O)c(NC(=O)Nc2ccc(OC(F)(F)F)cc2)c1C. The molecule has 0 bridgehead atoms. The molecule has 9 heteroatoms. The van der Waals surface area contributed by atoms with Crippen LogP contribution in [-0.4, -0.2) is 18.3 Å². The van der Waals surface area contributed by atoms with Crippen molar-refractivity contribution in [2.75, 3.05) is 10.6 Å². The third kappa shape index (κ3) is 4.88. The fourth-order valence-electron chi connectivity index (χ4n) is 2.20. The van der Waals surface area contributed by atoms with E-state index in [-0.39, 0.29) is 16.9 Å². The van der Waals surface area contributed by atoms with Crippen molar-refractivity contribution in [1.29, 1.82) is 0 Å². The van der Waals surface area contributed by atoms with E-state index in [4.69, 9.17) is 5.73 Å². The Bertz CT molecular complexity index is 834.